The van der Waals surface area contributed by atoms with Crippen LogP contribution in [0.5, 0.6) is 0 Å². The minimum absolute atomic E-state index is 0.0147. The van der Waals surface area contributed by atoms with Gasteiger partial charge in [-0.3, -0.25) is 4.90 Å². The highest BCUT2D eigenvalue weighted by Gasteiger charge is 2.40. The van der Waals surface area contributed by atoms with Crippen LogP contribution >= 0.6 is 0 Å². The van der Waals surface area contributed by atoms with E-state index in [-0.39, 0.29) is 11.2 Å². The second kappa shape index (κ2) is 4.28. The number of nitrogens with zero attached hydrogens (tertiary/aromatic N) is 1. The Morgan fingerprint density at radius 1 is 1.12 bits per heavy atom. The van der Waals surface area contributed by atoms with Crippen molar-refractivity contribution >= 4 is 0 Å². The Hall–Kier alpha value is -0.120. The minimum Gasteiger partial charge on any atom is -0.367 e. The van der Waals surface area contributed by atoms with Gasteiger partial charge in [-0.15, -0.1) is 0 Å². The van der Waals surface area contributed by atoms with Crippen LogP contribution in [0.15, 0.2) is 0 Å². The molecule has 3 heteroatoms. The fourth-order valence-corrected chi connectivity index (χ4v) is 3.25. The molecule has 1 atom stereocenters. The number of ether oxygens (including phenoxy) is 1. The topological polar surface area (TPSA) is 24.5 Å². The number of nitrogens with one attached hydrogen (secondary N) is 1. The highest BCUT2D eigenvalue weighted by molar-refractivity contribution is 4.93. The van der Waals surface area contributed by atoms with E-state index in [1.165, 1.54) is 19.4 Å². The first-order valence-corrected chi connectivity index (χ1v) is 6.53. The van der Waals surface area contributed by atoms with Crippen molar-refractivity contribution in [3.05, 3.63) is 0 Å². The zero-order valence-corrected chi connectivity index (χ0v) is 11.2. The summed E-state index contributed by atoms with van der Waals surface area (Å²) in [7, 11) is 0. The summed E-state index contributed by atoms with van der Waals surface area (Å²) in [4.78, 5) is 2.62. The first-order chi connectivity index (χ1) is 7.38. The van der Waals surface area contributed by atoms with E-state index in [0.29, 0.717) is 6.04 Å². The van der Waals surface area contributed by atoms with Gasteiger partial charge in [0.2, 0.25) is 0 Å². The van der Waals surface area contributed by atoms with Gasteiger partial charge in [0.1, 0.15) is 0 Å². The lowest BCUT2D eigenvalue weighted by molar-refractivity contribution is -0.188. The number of piperidine rings is 1. The van der Waals surface area contributed by atoms with Gasteiger partial charge in [0, 0.05) is 25.7 Å². The quantitative estimate of drug-likeness (QED) is 0.735. The molecule has 0 amide bonds. The van der Waals surface area contributed by atoms with Crippen molar-refractivity contribution in [2.24, 2.45) is 0 Å². The average Bonchev–Trinajstić information content (AvgIpc) is 2.14. The SMILES string of the molecule is CC1(C)CN(C2CCCNC2)CC(C)(C)O1. The zero-order chi connectivity index (χ0) is 11.8. The molecule has 0 saturated carbocycles. The molecule has 0 aromatic heterocycles. The average molecular weight is 226 g/mol. The van der Waals surface area contributed by atoms with Crippen LogP contribution in [0, 0.1) is 0 Å². The summed E-state index contributed by atoms with van der Waals surface area (Å²) in [6, 6.07) is 0.705. The minimum atomic E-state index is -0.0147. The second-order valence-electron chi connectivity index (χ2n) is 6.53. The molecule has 0 aromatic rings. The molecule has 2 saturated heterocycles. The van der Waals surface area contributed by atoms with E-state index in [4.69, 9.17) is 4.74 Å². The first-order valence-electron chi connectivity index (χ1n) is 6.53. The molecule has 1 unspecified atom stereocenters. The third-order valence-corrected chi connectivity index (χ3v) is 3.51. The predicted molar refractivity (Wildman–Crippen MR) is 66.7 cm³/mol. The lowest BCUT2D eigenvalue weighted by Crippen LogP contribution is -2.61. The third kappa shape index (κ3) is 2.96. The summed E-state index contributed by atoms with van der Waals surface area (Å²) in [5.74, 6) is 0. The molecule has 94 valence electrons. The Balaban J connectivity index is 2.03. The molecule has 1 N–H and O–H groups in total. The van der Waals surface area contributed by atoms with Crippen molar-refractivity contribution in [2.45, 2.75) is 57.8 Å². The Labute approximate surface area is 99.5 Å². The summed E-state index contributed by atoms with van der Waals surface area (Å²) in [5, 5.41) is 3.50. The molecule has 2 heterocycles. The summed E-state index contributed by atoms with van der Waals surface area (Å²) in [5.41, 5.74) is -0.0294. The van der Waals surface area contributed by atoms with E-state index >= 15 is 0 Å². The Bertz CT molecular complexity index is 228. The monoisotopic (exact) mass is 226 g/mol. The molecule has 2 aliphatic heterocycles. The van der Waals surface area contributed by atoms with Crippen molar-refractivity contribution in [1.29, 1.82) is 0 Å². The van der Waals surface area contributed by atoms with Gasteiger partial charge in [-0.2, -0.15) is 0 Å². The van der Waals surface area contributed by atoms with Crippen LogP contribution in [0.25, 0.3) is 0 Å². The van der Waals surface area contributed by atoms with Gasteiger partial charge in [0.25, 0.3) is 0 Å². The van der Waals surface area contributed by atoms with E-state index in [2.05, 4.69) is 37.9 Å². The number of morpholine rings is 1. The van der Waals surface area contributed by atoms with Crippen LogP contribution < -0.4 is 5.32 Å². The molecule has 2 rings (SSSR count). The fourth-order valence-electron chi connectivity index (χ4n) is 3.25. The van der Waals surface area contributed by atoms with Crippen molar-refractivity contribution in [2.75, 3.05) is 26.2 Å². The summed E-state index contributed by atoms with van der Waals surface area (Å²) in [6.07, 6.45) is 2.64. The van der Waals surface area contributed by atoms with Crippen LogP contribution in [0.2, 0.25) is 0 Å². The van der Waals surface area contributed by atoms with Crippen LogP contribution in [-0.2, 0) is 4.74 Å². The molecule has 0 aromatic carbocycles. The van der Waals surface area contributed by atoms with Crippen LogP contribution in [-0.4, -0.2) is 48.3 Å². The molecule has 0 spiro atoms. The lowest BCUT2D eigenvalue weighted by Gasteiger charge is -2.50. The van der Waals surface area contributed by atoms with Gasteiger partial charge in [0.15, 0.2) is 0 Å². The standard InChI is InChI=1S/C13H26N2O/c1-12(2)9-15(10-13(3,4)16-12)11-6-5-7-14-8-11/h11,14H,5-10H2,1-4H3. The number of hydrogen-bond acceptors (Lipinski definition) is 3. The van der Waals surface area contributed by atoms with Crippen molar-refractivity contribution in [3.63, 3.8) is 0 Å². The van der Waals surface area contributed by atoms with Crippen molar-refractivity contribution < 1.29 is 4.74 Å². The van der Waals surface area contributed by atoms with E-state index < -0.39 is 0 Å². The van der Waals surface area contributed by atoms with Crippen molar-refractivity contribution in [3.8, 4) is 0 Å². The maximum absolute atomic E-state index is 6.12. The molecule has 0 aliphatic carbocycles. The normalized spacial score (nSPS) is 34.9. The highest BCUT2D eigenvalue weighted by Crippen LogP contribution is 2.30. The summed E-state index contributed by atoms with van der Waals surface area (Å²) < 4.78 is 6.12. The van der Waals surface area contributed by atoms with Gasteiger partial charge in [0.05, 0.1) is 11.2 Å². The lowest BCUT2D eigenvalue weighted by atomic mass is 9.95. The Kier molecular flexibility index (Phi) is 3.30. The molecule has 0 bridgehead atoms. The molecule has 2 aliphatic rings. The number of rotatable bonds is 1. The molecule has 3 nitrogen and oxygen atoms in total. The maximum Gasteiger partial charge on any atom is 0.0760 e. The Morgan fingerprint density at radius 2 is 1.75 bits per heavy atom. The number of hydrogen-bond donors (Lipinski definition) is 1. The largest absolute Gasteiger partial charge is 0.367 e. The van der Waals surface area contributed by atoms with E-state index in [1.807, 2.05) is 0 Å². The van der Waals surface area contributed by atoms with Crippen LogP contribution in [0.3, 0.4) is 0 Å². The highest BCUT2D eigenvalue weighted by atomic mass is 16.5. The Morgan fingerprint density at radius 3 is 2.25 bits per heavy atom. The van der Waals surface area contributed by atoms with Gasteiger partial charge in [-0.25, -0.2) is 0 Å². The van der Waals surface area contributed by atoms with Crippen LogP contribution in [0.4, 0.5) is 0 Å². The molecule has 16 heavy (non-hydrogen) atoms. The smallest absolute Gasteiger partial charge is 0.0760 e. The van der Waals surface area contributed by atoms with Crippen molar-refractivity contribution in [1.82, 2.24) is 10.2 Å². The zero-order valence-electron chi connectivity index (χ0n) is 11.2. The first kappa shape index (κ1) is 12.3. The van der Waals surface area contributed by atoms with Gasteiger partial charge >= 0.3 is 0 Å². The maximum atomic E-state index is 6.12. The molecule has 0 radical (unpaired) electrons. The summed E-state index contributed by atoms with van der Waals surface area (Å²) >= 11 is 0. The second-order valence-corrected chi connectivity index (χ2v) is 6.53. The van der Waals surface area contributed by atoms with E-state index in [9.17, 15) is 0 Å². The predicted octanol–water partition coefficient (Wildman–Crippen LogP) is 1.63. The van der Waals surface area contributed by atoms with Gasteiger partial charge < -0.3 is 10.1 Å². The van der Waals surface area contributed by atoms with E-state index in [0.717, 1.165) is 19.6 Å². The molecule has 2 fully saturated rings. The van der Waals surface area contributed by atoms with Gasteiger partial charge in [-0.1, -0.05) is 0 Å². The molecular weight excluding hydrogens is 200 g/mol. The third-order valence-electron chi connectivity index (χ3n) is 3.51. The van der Waals surface area contributed by atoms with E-state index in [1.54, 1.807) is 0 Å². The van der Waals surface area contributed by atoms with Gasteiger partial charge in [-0.05, 0) is 47.1 Å². The fraction of sp³-hybridized carbons (Fsp3) is 1.00. The summed E-state index contributed by atoms with van der Waals surface area (Å²) in [6.45, 7) is 13.3. The van der Waals surface area contributed by atoms with Crippen LogP contribution in [0.1, 0.15) is 40.5 Å². The molecular formula is C13H26N2O.